The van der Waals surface area contributed by atoms with Crippen molar-refractivity contribution in [1.82, 2.24) is 19.5 Å². The first kappa shape index (κ1) is 25.8. The maximum absolute atomic E-state index is 11.9. The van der Waals surface area contributed by atoms with Gasteiger partial charge in [-0.15, -0.1) is 0 Å². The average molecular weight is 532 g/mol. The summed E-state index contributed by atoms with van der Waals surface area (Å²) in [5, 5.41) is 3.40. The van der Waals surface area contributed by atoms with E-state index in [9.17, 15) is 23.5 Å². The zero-order valence-electron chi connectivity index (χ0n) is 15.9. The summed E-state index contributed by atoms with van der Waals surface area (Å²) >= 11 is 0. The molecular formula is C10H15N8O12P3. The van der Waals surface area contributed by atoms with Crippen LogP contribution < -0.4 is 5.90 Å². The Kier molecular flexibility index (Phi) is 7.65. The first-order valence-corrected chi connectivity index (χ1v) is 12.9. The number of hydrogen-bond acceptors (Lipinski definition) is 13. The summed E-state index contributed by atoms with van der Waals surface area (Å²) in [6.07, 6.45) is -0.388. The van der Waals surface area contributed by atoms with E-state index in [0.29, 0.717) is 0 Å². The Bertz CT molecular complexity index is 1210. The molecule has 5 atom stereocenters. The lowest BCUT2D eigenvalue weighted by atomic mass is 10.2. The Morgan fingerprint density at radius 2 is 1.94 bits per heavy atom. The van der Waals surface area contributed by atoms with Crippen LogP contribution in [-0.4, -0.2) is 57.9 Å². The highest BCUT2D eigenvalue weighted by molar-refractivity contribution is 7.66. The first-order chi connectivity index (χ1) is 15.3. The van der Waals surface area contributed by atoms with Crippen molar-refractivity contribution in [3.8, 4) is 0 Å². The third kappa shape index (κ3) is 6.60. The van der Waals surface area contributed by atoms with Crippen molar-refractivity contribution in [3.63, 3.8) is 0 Å². The lowest BCUT2D eigenvalue weighted by Crippen LogP contribution is -2.31. The van der Waals surface area contributed by atoms with Crippen molar-refractivity contribution in [2.24, 2.45) is 11.0 Å². The Hall–Kier alpha value is -1.85. The van der Waals surface area contributed by atoms with Gasteiger partial charge < -0.3 is 24.3 Å². The maximum Gasteiger partial charge on any atom is 0.490 e. The number of hydrogen-bond donors (Lipinski definition) is 5. The minimum absolute atomic E-state index is 0.0323. The molecule has 3 rings (SSSR count). The van der Waals surface area contributed by atoms with Gasteiger partial charge in [-0.05, 0) is 10.6 Å². The minimum atomic E-state index is -5.67. The number of azide groups is 1. The van der Waals surface area contributed by atoms with Crippen LogP contribution in [0.2, 0.25) is 0 Å². The van der Waals surface area contributed by atoms with E-state index in [0.717, 1.165) is 6.33 Å². The van der Waals surface area contributed by atoms with Gasteiger partial charge in [-0.25, -0.2) is 34.5 Å². The van der Waals surface area contributed by atoms with E-state index < -0.39 is 48.5 Å². The SMILES string of the molecule is [N-]=[N+]=Nc1ncnc2c1ncn2[C@H]1C[C@@H](ON)[C@@H](COP(=O)(O)OP(=O)(O)OP(=O)(O)O)O1. The number of nitrogens with two attached hydrogens (primary N) is 1. The van der Waals surface area contributed by atoms with Crippen LogP contribution in [0.3, 0.4) is 0 Å². The fourth-order valence-electron chi connectivity index (χ4n) is 2.80. The molecule has 182 valence electrons. The molecule has 33 heavy (non-hydrogen) atoms. The third-order valence-corrected chi connectivity index (χ3v) is 7.76. The van der Waals surface area contributed by atoms with E-state index >= 15 is 0 Å². The molecule has 2 unspecified atom stereocenters. The van der Waals surface area contributed by atoms with Crippen LogP contribution in [0, 0.1) is 0 Å². The van der Waals surface area contributed by atoms with Crippen LogP contribution in [-0.2, 0) is 36.4 Å². The Morgan fingerprint density at radius 1 is 1.21 bits per heavy atom. The standard InChI is InChI=1S/C10H15N8O12P3/c11-17-16-9-8-10(14-3-13-9)18(4-15-8)7-1-5(28-12)6(27-7)2-26-32(22,23)30-33(24,25)29-31(19,20)21/h3-7H,1-2,12H2,(H,22,23)(H,24,25)(H2,19,20,21)/t5-,6-,7-/m1/s1. The van der Waals surface area contributed by atoms with Gasteiger partial charge in [-0.1, -0.05) is 0 Å². The number of rotatable bonds is 10. The fourth-order valence-corrected chi connectivity index (χ4v) is 5.83. The minimum Gasteiger partial charge on any atom is -0.349 e. The average Bonchev–Trinajstić information content (AvgIpc) is 3.28. The van der Waals surface area contributed by atoms with Gasteiger partial charge in [0.15, 0.2) is 11.5 Å². The number of phosphoric ester groups is 1. The molecule has 0 saturated carbocycles. The van der Waals surface area contributed by atoms with E-state index in [2.05, 4.69) is 38.1 Å². The number of imidazole rings is 1. The quantitative estimate of drug-likeness (QED) is 0.0922. The van der Waals surface area contributed by atoms with Crippen molar-refractivity contribution >= 4 is 40.4 Å². The van der Waals surface area contributed by atoms with Crippen LogP contribution in [0.1, 0.15) is 12.6 Å². The molecule has 0 radical (unpaired) electrons. The van der Waals surface area contributed by atoms with Crippen molar-refractivity contribution < 1.29 is 56.0 Å². The van der Waals surface area contributed by atoms with Gasteiger partial charge in [0.05, 0.1) is 12.9 Å². The van der Waals surface area contributed by atoms with Gasteiger partial charge in [0.1, 0.15) is 30.3 Å². The molecule has 2 aromatic heterocycles. The van der Waals surface area contributed by atoms with Crippen molar-refractivity contribution in [1.29, 1.82) is 0 Å². The molecule has 0 amide bonds. The smallest absolute Gasteiger partial charge is 0.349 e. The van der Waals surface area contributed by atoms with E-state index in [1.807, 2.05) is 0 Å². The number of ether oxygens (including phenoxy) is 1. The molecule has 0 aliphatic carbocycles. The van der Waals surface area contributed by atoms with Crippen LogP contribution in [0.25, 0.3) is 21.6 Å². The zero-order chi connectivity index (χ0) is 24.4. The largest absolute Gasteiger partial charge is 0.490 e. The van der Waals surface area contributed by atoms with E-state index in [4.69, 9.17) is 30.8 Å². The van der Waals surface area contributed by atoms with Crippen molar-refractivity contribution in [2.45, 2.75) is 24.9 Å². The molecular weight excluding hydrogens is 517 g/mol. The maximum atomic E-state index is 11.9. The molecule has 1 aliphatic rings. The van der Waals surface area contributed by atoms with Gasteiger partial charge in [-0.3, -0.25) is 13.9 Å². The van der Waals surface area contributed by atoms with Gasteiger partial charge in [0, 0.05) is 11.3 Å². The molecule has 3 heterocycles. The Labute approximate surface area is 182 Å². The van der Waals surface area contributed by atoms with Crippen molar-refractivity contribution in [2.75, 3.05) is 6.61 Å². The van der Waals surface area contributed by atoms with Crippen LogP contribution in [0.15, 0.2) is 17.8 Å². The molecule has 0 spiro atoms. The number of fused-ring (bicyclic) bond motifs is 1. The predicted molar refractivity (Wildman–Crippen MR) is 102 cm³/mol. The summed E-state index contributed by atoms with van der Waals surface area (Å²) < 4.78 is 52.9. The topological polar surface area (TPSA) is 297 Å². The lowest BCUT2D eigenvalue weighted by molar-refractivity contribution is -0.0600. The van der Waals surface area contributed by atoms with Crippen LogP contribution in [0.4, 0.5) is 5.82 Å². The highest BCUT2D eigenvalue weighted by Gasteiger charge is 2.43. The molecule has 1 fully saturated rings. The fraction of sp³-hybridized carbons (Fsp3) is 0.500. The highest BCUT2D eigenvalue weighted by Crippen LogP contribution is 2.66. The molecule has 23 heteroatoms. The van der Waals surface area contributed by atoms with Gasteiger partial charge >= 0.3 is 23.5 Å². The van der Waals surface area contributed by atoms with Crippen LogP contribution >= 0.6 is 23.5 Å². The van der Waals surface area contributed by atoms with Gasteiger partial charge in [0.25, 0.3) is 0 Å². The Balaban J connectivity index is 1.71. The third-order valence-electron chi connectivity index (χ3n) is 3.96. The second-order valence-electron chi connectivity index (χ2n) is 6.14. The van der Waals surface area contributed by atoms with E-state index in [1.165, 1.54) is 10.9 Å². The number of aromatic nitrogens is 4. The number of nitrogens with zero attached hydrogens (tertiary/aromatic N) is 7. The Morgan fingerprint density at radius 3 is 2.58 bits per heavy atom. The predicted octanol–water partition coefficient (Wildman–Crippen LogP) is 0.658. The molecule has 20 nitrogen and oxygen atoms in total. The lowest BCUT2D eigenvalue weighted by Gasteiger charge is -2.20. The summed E-state index contributed by atoms with van der Waals surface area (Å²) in [5.74, 6) is 5.20. The molecule has 1 aliphatic heterocycles. The highest BCUT2D eigenvalue weighted by atomic mass is 31.3. The van der Waals surface area contributed by atoms with Gasteiger partial charge in [0.2, 0.25) is 0 Å². The second kappa shape index (κ2) is 9.79. The molecule has 0 aromatic carbocycles. The summed E-state index contributed by atoms with van der Waals surface area (Å²) in [7, 11) is -16.6. The monoisotopic (exact) mass is 532 g/mol. The molecule has 2 aromatic rings. The zero-order valence-corrected chi connectivity index (χ0v) is 18.6. The van der Waals surface area contributed by atoms with Gasteiger partial charge in [-0.2, -0.15) is 8.62 Å². The van der Waals surface area contributed by atoms with E-state index in [1.54, 1.807) is 0 Å². The first-order valence-electron chi connectivity index (χ1n) is 8.36. The molecule has 6 N–H and O–H groups in total. The number of phosphoric acid groups is 3. The van der Waals surface area contributed by atoms with E-state index in [-0.39, 0.29) is 23.4 Å². The second-order valence-corrected chi connectivity index (χ2v) is 10.6. The summed E-state index contributed by atoms with van der Waals surface area (Å²) in [4.78, 5) is 55.2. The molecule has 0 bridgehead atoms. The summed E-state index contributed by atoms with van der Waals surface area (Å²) in [5.41, 5.74) is 9.00. The van der Waals surface area contributed by atoms with Crippen molar-refractivity contribution in [3.05, 3.63) is 23.1 Å². The normalized spacial score (nSPS) is 24.8. The summed E-state index contributed by atoms with van der Waals surface area (Å²) in [6.45, 7) is -0.770. The summed E-state index contributed by atoms with van der Waals surface area (Å²) in [6, 6.07) is 0. The van der Waals surface area contributed by atoms with Crippen LogP contribution in [0.5, 0.6) is 0 Å². The molecule has 1 saturated heterocycles.